The summed E-state index contributed by atoms with van der Waals surface area (Å²) in [6, 6.07) is 10.8. The molecular formula is C20H24FNO2. The van der Waals surface area contributed by atoms with Gasteiger partial charge in [-0.3, -0.25) is 4.79 Å². The zero-order valence-electron chi connectivity index (χ0n) is 14.7. The van der Waals surface area contributed by atoms with Crippen LogP contribution in [0.15, 0.2) is 36.4 Å². The van der Waals surface area contributed by atoms with E-state index in [1.165, 1.54) is 12.1 Å². The van der Waals surface area contributed by atoms with E-state index in [1.807, 2.05) is 45.0 Å². The van der Waals surface area contributed by atoms with E-state index in [1.54, 1.807) is 6.92 Å². The Kier molecular flexibility index (Phi) is 5.40. The third-order valence-electron chi connectivity index (χ3n) is 4.13. The Hall–Kier alpha value is -2.20. The van der Waals surface area contributed by atoms with Gasteiger partial charge in [-0.25, -0.2) is 4.39 Å². The standard InChI is InChI=1S/C20H24FNO2/c1-5-24-18(23)12-20(4,22)16-8-6-7-15(11-16)19-13(2)9-17(21)10-14(19)3/h6-11H,5,12,22H2,1-4H3/t20-/m1/s1. The smallest absolute Gasteiger partial charge is 0.307 e. The molecule has 0 bridgehead atoms. The molecule has 0 amide bonds. The molecule has 2 rings (SSSR count). The van der Waals surface area contributed by atoms with Crippen molar-refractivity contribution >= 4 is 5.97 Å². The minimum absolute atomic E-state index is 0.103. The Morgan fingerprint density at radius 2 is 1.83 bits per heavy atom. The highest BCUT2D eigenvalue weighted by atomic mass is 19.1. The van der Waals surface area contributed by atoms with Crippen molar-refractivity contribution in [1.82, 2.24) is 0 Å². The molecule has 1 atom stereocenters. The quantitative estimate of drug-likeness (QED) is 0.835. The fourth-order valence-electron chi connectivity index (χ4n) is 3.01. The van der Waals surface area contributed by atoms with Gasteiger partial charge in [-0.2, -0.15) is 0 Å². The summed E-state index contributed by atoms with van der Waals surface area (Å²) in [5.41, 5.74) is 10.1. The zero-order chi connectivity index (χ0) is 17.9. The second-order valence-electron chi connectivity index (χ2n) is 6.39. The Balaban J connectivity index is 2.41. The van der Waals surface area contributed by atoms with Crippen molar-refractivity contribution in [1.29, 1.82) is 0 Å². The van der Waals surface area contributed by atoms with Crippen LogP contribution in [0.2, 0.25) is 0 Å². The molecule has 2 N–H and O–H groups in total. The molecule has 0 heterocycles. The molecular weight excluding hydrogens is 305 g/mol. The van der Waals surface area contributed by atoms with Gasteiger partial charge in [0.05, 0.1) is 13.0 Å². The van der Waals surface area contributed by atoms with Gasteiger partial charge in [0.25, 0.3) is 0 Å². The van der Waals surface area contributed by atoms with Crippen molar-refractivity contribution < 1.29 is 13.9 Å². The van der Waals surface area contributed by atoms with Crippen molar-refractivity contribution in [2.24, 2.45) is 5.73 Å². The van der Waals surface area contributed by atoms with Crippen LogP contribution in [0.5, 0.6) is 0 Å². The first kappa shape index (κ1) is 18.1. The molecule has 128 valence electrons. The van der Waals surface area contributed by atoms with Crippen LogP contribution < -0.4 is 5.73 Å². The summed E-state index contributed by atoms with van der Waals surface area (Å²) in [6.07, 6.45) is 0.103. The van der Waals surface area contributed by atoms with E-state index in [-0.39, 0.29) is 18.2 Å². The van der Waals surface area contributed by atoms with Crippen LogP contribution in [0.4, 0.5) is 4.39 Å². The summed E-state index contributed by atoms with van der Waals surface area (Å²) in [5.74, 6) is -0.557. The summed E-state index contributed by atoms with van der Waals surface area (Å²) in [4.78, 5) is 11.8. The molecule has 0 aliphatic carbocycles. The number of hydrogen-bond acceptors (Lipinski definition) is 3. The summed E-state index contributed by atoms with van der Waals surface area (Å²) in [7, 11) is 0. The number of rotatable bonds is 5. The summed E-state index contributed by atoms with van der Waals surface area (Å²) in [5, 5.41) is 0. The molecule has 2 aromatic rings. The molecule has 24 heavy (non-hydrogen) atoms. The lowest BCUT2D eigenvalue weighted by Crippen LogP contribution is -2.36. The molecule has 0 aromatic heterocycles. The molecule has 4 heteroatoms. The molecule has 0 saturated heterocycles. The maximum Gasteiger partial charge on any atom is 0.307 e. The van der Waals surface area contributed by atoms with Gasteiger partial charge in [0.15, 0.2) is 0 Å². The molecule has 0 fully saturated rings. The first-order valence-electron chi connectivity index (χ1n) is 8.06. The second-order valence-corrected chi connectivity index (χ2v) is 6.39. The highest BCUT2D eigenvalue weighted by Gasteiger charge is 2.26. The number of benzene rings is 2. The summed E-state index contributed by atoms with van der Waals surface area (Å²) in [6.45, 7) is 7.69. The molecule has 0 unspecified atom stereocenters. The van der Waals surface area contributed by atoms with E-state index in [9.17, 15) is 9.18 Å². The van der Waals surface area contributed by atoms with Crippen LogP contribution in [-0.2, 0) is 15.1 Å². The van der Waals surface area contributed by atoms with Gasteiger partial charge in [-0.05, 0) is 73.7 Å². The van der Waals surface area contributed by atoms with E-state index >= 15 is 0 Å². The fourth-order valence-corrected chi connectivity index (χ4v) is 3.01. The third kappa shape index (κ3) is 4.01. The number of carbonyl (C=O) groups excluding carboxylic acids is 1. The van der Waals surface area contributed by atoms with E-state index in [4.69, 9.17) is 10.5 Å². The molecule has 0 radical (unpaired) electrons. The summed E-state index contributed by atoms with van der Waals surface area (Å²) >= 11 is 0. The number of carbonyl (C=O) groups is 1. The molecule has 2 aromatic carbocycles. The van der Waals surface area contributed by atoms with Crippen LogP contribution in [0, 0.1) is 19.7 Å². The van der Waals surface area contributed by atoms with Crippen LogP contribution in [0.1, 0.15) is 37.0 Å². The minimum Gasteiger partial charge on any atom is -0.466 e. The number of esters is 1. The number of aryl methyl sites for hydroxylation is 2. The van der Waals surface area contributed by atoms with Crippen molar-refractivity contribution in [3.63, 3.8) is 0 Å². The molecule has 0 saturated carbocycles. The van der Waals surface area contributed by atoms with Gasteiger partial charge in [-0.1, -0.05) is 18.2 Å². The lowest BCUT2D eigenvalue weighted by atomic mass is 9.86. The van der Waals surface area contributed by atoms with Gasteiger partial charge in [0.2, 0.25) is 0 Å². The van der Waals surface area contributed by atoms with Crippen LogP contribution >= 0.6 is 0 Å². The maximum absolute atomic E-state index is 13.5. The minimum atomic E-state index is -0.829. The van der Waals surface area contributed by atoms with Gasteiger partial charge in [-0.15, -0.1) is 0 Å². The monoisotopic (exact) mass is 329 g/mol. The second kappa shape index (κ2) is 7.14. The van der Waals surface area contributed by atoms with Crippen LogP contribution in [0.3, 0.4) is 0 Å². The largest absolute Gasteiger partial charge is 0.466 e. The summed E-state index contributed by atoms with van der Waals surface area (Å²) < 4.78 is 18.5. The van der Waals surface area contributed by atoms with Gasteiger partial charge in [0.1, 0.15) is 5.82 Å². The lowest BCUT2D eigenvalue weighted by Gasteiger charge is -2.25. The predicted molar refractivity (Wildman–Crippen MR) is 94.1 cm³/mol. The first-order valence-corrected chi connectivity index (χ1v) is 8.06. The first-order chi connectivity index (χ1) is 11.2. The highest BCUT2D eigenvalue weighted by Crippen LogP contribution is 2.31. The lowest BCUT2D eigenvalue weighted by molar-refractivity contribution is -0.144. The number of halogens is 1. The topological polar surface area (TPSA) is 52.3 Å². The number of hydrogen-bond donors (Lipinski definition) is 1. The number of nitrogens with two attached hydrogens (primary N) is 1. The van der Waals surface area contributed by atoms with Gasteiger partial charge in [0, 0.05) is 5.54 Å². The highest BCUT2D eigenvalue weighted by molar-refractivity contribution is 5.73. The Labute approximate surface area is 142 Å². The van der Waals surface area contributed by atoms with Gasteiger partial charge < -0.3 is 10.5 Å². The van der Waals surface area contributed by atoms with E-state index in [2.05, 4.69) is 0 Å². The number of ether oxygens (including phenoxy) is 1. The Bertz CT molecular complexity index is 730. The fraction of sp³-hybridized carbons (Fsp3) is 0.350. The van der Waals surface area contributed by atoms with Crippen molar-refractivity contribution in [2.45, 2.75) is 39.7 Å². The normalized spacial score (nSPS) is 13.4. The van der Waals surface area contributed by atoms with Crippen molar-refractivity contribution in [2.75, 3.05) is 6.61 Å². The molecule has 0 aliphatic rings. The molecule has 0 spiro atoms. The Morgan fingerprint density at radius 3 is 2.42 bits per heavy atom. The maximum atomic E-state index is 13.5. The van der Waals surface area contributed by atoms with Gasteiger partial charge >= 0.3 is 5.97 Å². The predicted octanol–water partition coefficient (Wildman–Crippen LogP) is 4.24. The SMILES string of the molecule is CCOC(=O)C[C@@](C)(N)c1cccc(-c2c(C)cc(F)cc2C)c1. The van der Waals surface area contributed by atoms with Crippen molar-refractivity contribution in [3.8, 4) is 11.1 Å². The van der Waals surface area contributed by atoms with Crippen LogP contribution in [-0.4, -0.2) is 12.6 Å². The molecule has 3 nitrogen and oxygen atoms in total. The third-order valence-corrected chi connectivity index (χ3v) is 4.13. The average molecular weight is 329 g/mol. The van der Waals surface area contributed by atoms with E-state index in [0.717, 1.165) is 27.8 Å². The average Bonchev–Trinajstić information content (AvgIpc) is 2.46. The molecule has 0 aliphatic heterocycles. The van der Waals surface area contributed by atoms with Crippen LogP contribution in [0.25, 0.3) is 11.1 Å². The van der Waals surface area contributed by atoms with E-state index in [0.29, 0.717) is 6.61 Å². The zero-order valence-corrected chi connectivity index (χ0v) is 14.7. The van der Waals surface area contributed by atoms with E-state index < -0.39 is 5.54 Å². The van der Waals surface area contributed by atoms with Crippen molar-refractivity contribution in [3.05, 3.63) is 58.9 Å². The Morgan fingerprint density at radius 1 is 1.21 bits per heavy atom.